The Balaban J connectivity index is 1.25. The van der Waals surface area contributed by atoms with Gasteiger partial charge in [0.2, 0.25) is 11.8 Å². The zero-order chi connectivity index (χ0) is 19.5. The lowest BCUT2D eigenvalue weighted by molar-refractivity contribution is -0.127. The van der Waals surface area contributed by atoms with E-state index >= 15 is 0 Å². The summed E-state index contributed by atoms with van der Waals surface area (Å²) in [5, 5.41) is 3.81. The molecule has 3 fully saturated rings. The number of nitrogens with zero attached hydrogens (tertiary/aromatic N) is 2. The Morgan fingerprint density at radius 1 is 1.14 bits per heavy atom. The number of benzene rings is 1. The number of likely N-dealkylation sites (tertiary alicyclic amines) is 1. The first-order chi connectivity index (χ1) is 13.6. The SMILES string of the molecule is O=C(NC1CCN(CC2CCCC2)CC1)C1CC(=O)N(c2cccc(Cl)c2)C1. The van der Waals surface area contributed by atoms with Gasteiger partial charge in [0, 0.05) is 49.4 Å². The number of nitrogens with one attached hydrogen (secondary N) is 1. The van der Waals surface area contributed by atoms with Gasteiger partial charge in [0.25, 0.3) is 0 Å². The van der Waals surface area contributed by atoms with E-state index in [4.69, 9.17) is 11.6 Å². The van der Waals surface area contributed by atoms with Crippen LogP contribution in [0.1, 0.15) is 44.9 Å². The molecule has 28 heavy (non-hydrogen) atoms. The molecule has 1 aliphatic carbocycles. The number of hydrogen-bond donors (Lipinski definition) is 1. The highest BCUT2D eigenvalue weighted by Gasteiger charge is 2.36. The third-order valence-electron chi connectivity index (χ3n) is 6.54. The zero-order valence-corrected chi connectivity index (χ0v) is 17.2. The van der Waals surface area contributed by atoms with E-state index < -0.39 is 0 Å². The quantitative estimate of drug-likeness (QED) is 0.819. The van der Waals surface area contributed by atoms with Gasteiger partial charge in [0.15, 0.2) is 0 Å². The van der Waals surface area contributed by atoms with Crippen LogP contribution < -0.4 is 10.2 Å². The molecule has 5 nitrogen and oxygen atoms in total. The van der Waals surface area contributed by atoms with Crippen LogP contribution in [0, 0.1) is 11.8 Å². The van der Waals surface area contributed by atoms with Gasteiger partial charge in [-0.2, -0.15) is 0 Å². The second-order valence-corrected chi connectivity index (χ2v) is 9.06. The molecule has 2 aliphatic heterocycles. The Morgan fingerprint density at radius 3 is 2.61 bits per heavy atom. The summed E-state index contributed by atoms with van der Waals surface area (Å²) >= 11 is 6.04. The van der Waals surface area contributed by atoms with E-state index in [1.165, 1.54) is 32.2 Å². The highest BCUT2D eigenvalue weighted by molar-refractivity contribution is 6.31. The van der Waals surface area contributed by atoms with Crippen LogP contribution >= 0.6 is 11.6 Å². The van der Waals surface area contributed by atoms with Crippen molar-refractivity contribution in [3.63, 3.8) is 0 Å². The average molecular weight is 404 g/mol. The summed E-state index contributed by atoms with van der Waals surface area (Å²) in [5.41, 5.74) is 0.771. The zero-order valence-electron chi connectivity index (χ0n) is 16.4. The van der Waals surface area contributed by atoms with E-state index in [2.05, 4.69) is 10.2 Å². The molecule has 152 valence electrons. The van der Waals surface area contributed by atoms with Crippen LogP contribution in [0.2, 0.25) is 5.02 Å². The first-order valence-electron chi connectivity index (χ1n) is 10.7. The lowest BCUT2D eigenvalue weighted by atomic mass is 10.0. The second-order valence-electron chi connectivity index (χ2n) is 8.62. The fraction of sp³-hybridized carbons (Fsp3) is 0.636. The maximum absolute atomic E-state index is 12.7. The summed E-state index contributed by atoms with van der Waals surface area (Å²) < 4.78 is 0. The maximum atomic E-state index is 12.7. The minimum Gasteiger partial charge on any atom is -0.353 e. The van der Waals surface area contributed by atoms with Crippen molar-refractivity contribution in [3.05, 3.63) is 29.3 Å². The lowest BCUT2D eigenvalue weighted by Gasteiger charge is -2.34. The van der Waals surface area contributed by atoms with Gasteiger partial charge >= 0.3 is 0 Å². The first kappa shape index (κ1) is 19.7. The van der Waals surface area contributed by atoms with Crippen molar-refractivity contribution in [2.24, 2.45) is 11.8 Å². The van der Waals surface area contributed by atoms with Crippen molar-refractivity contribution in [1.82, 2.24) is 10.2 Å². The maximum Gasteiger partial charge on any atom is 0.227 e. The summed E-state index contributed by atoms with van der Waals surface area (Å²) in [5.74, 6) is 0.622. The van der Waals surface area contributed by atoms with Crippen LogP contribution in [0.4, 0.5) is 5.69 Å². The standard InChI is InChI=1S/C22H30ClN3O2/c23-18-6-3-7-20(13-18)26-15-17(12-21(26)27)22(28)24-19-8-10-25(11-9-19)14-16-4-1-2-5-16/h3,6-7,13,16-17,19H,1-2,4-5,8-12,14-15H2,(H,24,28). The molecule has 1 atom stereocenters. The average Bonchev–Trinajstić information content (AvgIpc) is 3.33. The van der Waals surface area contributed by atoms with Crippen LogP contribution in [-0.2, 0) is 9.59 Å². The molecule has 2 amide bonds. The number of piperidine rings is 1. The molecule has 1 unspecified atom stereocenters. The second kappa shape index (κ2) is 8.83. The Kier molecular flexibility index (Phi) is 6.22. The van der Waals surface area contributed by atoms with Gasteiger partial charge in [-0.05, 0) is 49.8 Å². The van der Waals surface area contributed by atoms with E-state index in [0.29, 0.717) is 11.6 Å². The molecule has 1 aromatic rings. The van der Waals surface area contributed by atoms with Crippen LogP contribution in [0.25, 0.3) is 0 Å². The molecule has 6 heteroatoms. The Hall–Kier alpha value is -1.59. The number of hydrogen-bond acceptors (Lipinski definition) is 3. The first-order valence-corrected chi connectivity index (χ1v) is 11.0. The van der Waals surface area contributed by atoms with Gasteiger partial charge in [0.05, 0.1) is 5.92 Å². The van der Waals surface area contributed by atoms with Gasteiger partial charge in [-0.15, -0.1) is 0 Å². The van der Waals surface area contributed by atoms with E-state index in [-0.39, 0.29) is 30.2 Å². The van der Waals surface area contributed by atoms with Gasteiger partial charge in [-0.25, -0.2) is 0 Å². The van der Waals surface area contributed by atoms with E-state index in [9.17, 15) is 9.59 Å². The van der Waals surface area contributed by atoms with Crippen LogP contribution in [0.15, 0.2) is 24.3 Å². The normalized spacial score (nSPS) is 24.8. The van der Waals surface area contributed by atoms with Crippen molar-refractivity contribution in [1.29, 1.82) is 0 Å². The Morgan fingerprint density at radius 2 is 1.89 bits per heavy atom. The predicted octanol–water partition coefficient (Wildman–Crippen LogP) is 3.46. The Bertz CT molecular complexity index is 711. The number of carbonyl (C=O) groups excluding carboxylic acids is 2. The number of rotatable bonds is 5. The molecule has 2 saturated heterocycles. The molecule has 0 bridgehead atoms. The highest BCUT2D eigenvalue weighted by Crippen LogP contribution is 2.28. The van der Waals surface area contributed by atoms with E-state index in [0.717, 1.165) is 37.5 Å². The molecule has 0 aromatic heterocycles. The van der Waals surface area contributed by atoms with Gasteiger partial charge < -0.3 is 15.1 Å². The molecule has 3 aliphatic rings. The van der Waals surface area contributed by atoms with Crippen molar-refractivity contribution in [3.8, 4) is 0 Å². The predicted molar refractivity (Wildman–Crippen MR) is 111 cm³/mol. The third-order valence-corrected chi connectivity index (χ3v) is 6.78. The summed E-state index contributed by atoms with van der Waals surface area (Å²) in [4.78, 5) is 29.4. The third kappa shape index (κ3) is 4.69. The molecule has 0 spiro atoms. The summed E-state index contributed by atoms with van der Waals surface area (Å²) in [6.45, 7) is 3.80. The van der Waals surface area contributed by atoms with E-state index in [1.54, 1.807) is 17.0 Å². The minimum atomic E-state index is -0.275. The lowest BCUT2D eigenvalue weighted by Crippen LogP contribution is -2.47. The Labute approximate surface area is 172 Å². The van der Waals surface area contributed by atoms with Crippen molar-refractivity contribution >= 4 is 29.1 Å². The monoisotopic (exact) mass is 403 g/mol. The highest BCUT2D eigenvalue weighted by atomic mass is 35.5. The van der Waals surface area contributed by atoms with Crippen LogP contribution in [0.5, 0.6) is 0 Å². The van der Waals surface area contributed by atoms with E-state index in [1.807, 2.05) is 12.1 Å². The summed E-state index contributed by atoms with van der Waals surface area (Å²) in [6.07, 6.45) is 7.85. The number of halogens is 1. The molecule has 1 saturated carbocycles. The molecular weight excluding hydrogens is 374 g/mol. The molecule has 1 N–H and O–H groups in total. The number of amides is 2. The van der Waals surface area contributed by atoms with Gasteiger partial charge in [-0.1, -0.05) is 30.5 Å². The van der Waals surface area contributed by atoms with Gasteiger partial charge in [0.1, 0.15) is 0 Å². The molecule has 1 aromatic carbocycles. The topological polar surface area (TPSA) is 52.7 Å². The minimum absolute atomic E-state index is 0.00574. The molecular formula is C22H30ClN3O2. The van der Waals surface area contributed by atoms with Crippen molar-refractivity contribution in [2.75, 3.05) is 31.1 Å². The molecule has 2 heterocycles. The van der Waals surface area contributed by atoms with Gasteiger partial charge in [-0.3, -0.25) is 9.59 Å². The summed E-state index contributed by atoms with van der Waals surface area (Å²) in [7, 11) is 0. The summed E-state index contributed by atoms with van der Waals surface area (Å²) in [6, 6.07) is 7.50. The largest absolute Gasteiger partial charge is 0.353 e. The number of carbonyl (C=O) groups is 2. The van der Waals surface area contributed by atoms with Crippen molar-refractivity contribution < 1.29 is 9.59 Å². The fourth-order valence-electron chi connectivity index (χ4n) is 4.91. The van der Waals surface area contributed by atoms with Crippen LogP contribution in [-0.4, -0.2) is 48.9 Å². The smallest absolute Gasteiger partial charge is 0.227 e. The van der Waals surface area contributed by atoms with Crippen molar-refractivity contribution in [2.45, 2.75) is 51.0 Å². The van der Waals surface area contributed by atoms with Crippen LogP contribution in [0.3, 0.4) is 0 Å². The fourth-order valence-corrected chi connectivity index (χ4v) is 5.10. The molecule has 0 radical (unpaired) electrons. The number of anilines is 1. The molecule has 4 rings (SSSR count).